The fraction of sp³-hybridized carbons (Fsp3) is 0.133. The van der Waals surface area contributed by atoms with Crippen LogP contribution in [0.5, 0.6) is 23.0 Å². The van der Waals surface area contributed by atoms with E-state index in [0.29, 0.717) is 25.0 Å². The molecule has 2 atom stereocenters. The monoisotopic (exact) mass is 1430 g/mol. The molecule has 0 spiro atoms. The Morgan fingerprint density at radius 2 is 0.915 bits per heavy atom. The molecule has 0 aliphatic rings. The van der Waals surface area contributed by atoms with Crippen LogP contribution in [0.15, 0.2) is 42.5 Å². The second kappa shape index (κ2) is 18.0. The summed E-state index contributed by atoms with van der Waals surface area (Å²) < 4.78 is 4.55. The van der Waals surface area contributed by atoms with Crippen molar-refractivity contribution in [2.24, 2.45) is 11.5 Å². The van der Waals surface area contributed by atoms with E-state index in [9.17, 15) is 30.0 Å². The molecule has 10 nitrogen and oxygen atoms in total. The molecule has 47 heavy (non-hydrogen) atoms. The van der Waals surface area contributed by atoms with Gasteiger partial charge < -0.3 is 42.1 Å². The highest BCUT2D eigenvalue weighted by Crippen LogP contribution is 2.42. The highest BCUT2D eigenvalue weighted by molar-refractivity contribution is 14.1. The van der Waals surface area contributed by atoms with Crippen molar-refractivity contribution in [3.05, 3.63) is 78.6 Å². The molecular weight excluding hydrogens is 1400 g/mol. The van der Waals surface area contributed by atoms with Crippen LogP contribution in [-0.2, 0) is 22.4 Å². The first-order chi connectivity index (χ1) is 21.8. The number of nitrogens with two attached hydrogens (primary N) is 2. The summed E-state index contributed by atoms with van der Waals surface area (Å²) in [4.78, 5) is 22.2. The maximum absolute atomic E-state index is 11.1. The average molecular weight is 1430 g/mol. The molecule has 4 aromatic rings. The van der Waals surface area contributed by atoms with Crippen LogP contribution in [0.3, 0.4) is 0 Å². The van der Waals surface area contributed by atoms with Gasteiger partial charge in [0, 0.05) is 11.1 Å². The summed E-state index contributed by atoms with van der Waals surface area (Å²) >= 11 is 14.2. The van der Waals surface area contributed by atoms with Crippen molar-refractivity contribution in [2.45, 2.75) is 24.9 Å². The second-order valence-corrected chi connectivity index (χ2v) is 17.8. The average Bonchev–Trinajstić information content (AvgIpc) is 2.99. The Balaban J connectivity index is 0.000000256. The first-order valence-electron chi connectivity index (χ1n) is 12.9. The summed E-state index contributed by atoms with van der Waals surface area (Å²) in [6.45, 7) is 0. The zero-order valence-corrected chi connectivity index (χ0v) is 38.5. The van der Waals surface area contributed by atoms with Crippen molar-refractivity contribution in [1.82, 2.24) is 0 Å². The van der Waals surface area contributed by atoms with Crippen LogP contribution in [0.2, 0.25) is 0 Å². The molecule has 0 aliphatic heterocycles. The predicted molar refractivity (Wildman–Crippen MR) is 238 cm³/mol. The van der Waals surface area contributed by atoms with Gasteiger partial charge in [0.05, 0.1) is 25.0 Å². The molecule has 250 valence electrons. The minimum absolute atomic E-state index is 0.144. The molecule has 0 amide bonds. The highest BCUT2D eigenvalue weighted by atomic mass is 127. The van der Waals surface area contributed by atoms with E-state index in [-0.39, 0.29) is 35.8 Å². The lowest BCUT2D eigenvalue weighted by atomic mass is 9.95. The lowest BCUT2D eigenvalue weighted by Gasteiger charge is -2.17. The minimum atomic E-state index is -1.08. The molecule has 4 rings (SSSR count). The molecular formula is C30H23I7N2O8. The fourth-order valence-corrected chi connectivity index (χ4v) is 10.8. The van der Waals surface area contributed by atoms with E-state index in [0.717, 1.165) is 33.4 Å². The Morgan fingerprint density at radius 3 is 1.30 bits per heavy atom. The largest absolute Gasteiger partial charge is 0.507 e. The summed E-state index contributed by atoms with van der Waals surface area (Å²) in [7, 11) is 0. The standard InChI is InChI=1S/C15H11I4NO4.C15H12I3NO4/c16-7-1-5(2-8(17)13(7)21)11-6(4-10(20)15(23)24)3-9(18)14(22)12(11)19;16-8-3-6(1-2-11(8)20)12-7(5-10(19)15(22)23)4-9(17)14(21)13(12)18/h1-3,10,21-22H,4,20H2,(H,23,24);1-4,10,20-21H,5,19H2,(H,22,23)/t2*10-/m00/s1. The van der Waals surface area contributed by atoms with Gasteiger partial charge in [-0.2, -0.15) is 0 Å². The molecule has 0 unspecified atom stereocenters. The van der Waals surface area contributed by atoms with Gasteiger partial charge in [-0.3, -0.25) is 9.59 Å². The van der Waals surface area contributed by atoms with Gasteiger partial charge in [0.1, 0.15) is 35.1 Å². The zero-order valence-electron chi connectivity index (χ0n) is 23.4. The summed E-state index contributed by atoms with van der Waals surface area (Å²) in [6.07, 6.45) is 0.291. The van der Waals surface area contributed by atoms with E-state index >= 15 is 0 Å². The molecule has 10 N–H and O–H groups in total. The van der Waals surface area contributed by atoms with Gasteiger partial charge >= 0.3 is 11.9 Å². The number of phenolic OH excluding ortho intramolecular Hbond substituents is 4. The Kier molecular flexibility index (Phi) is 15.9. The zero-order chi connectivity index (χ0) is 35.5. The van der Waals surface area contributed by atoms with Crippen molar-refractivity contribution in [1.29, 1.82) is 0 Å². The van der Waals surface area contributed by atoms with Crippen molar-refractivity contribution in [3.63, 3.8) is 0 Å². The van der Waals surface area contributed by atoms with E-state index in [1.807, 2.05) is 158 Å². The topological polar surface area (TPSA) is 208 Å². The Bertz CT molecular complexity index is 1850. The molecule has 0 radical (unpaired) electrons. The summed E-state index contributed by atoms with van der Waals surface area (Å²) in [5.74, 6) is -1.48. The number of phenols is 4. The number of carboxylic acid groups (broad SMARTS) is 2. The van der Waals surface area contributed by atoms with Crippen LogP contribution in [0.25, 0.3) is 22.3 Å². The predicted octanol–water partition coefficient (Wildman–Crippen LogP) is 7.67. The van der Waals surface area contributed by atoms with Crippen LogP contribution in [-0.4, -0.2) is 54.7 Å². The number of rotatable bonds is 8. The van der Waals surface area contributed by atoms with Crippen molar-refractivity contribution < 1.29 is 40.2 Å². The lowest BCUT2D eigenvalue weighted by Crippen LogP contribution is -2.32. The molecule has 0 saturated heterocycles. The number of carboxylic acids is 2. The van der Waals surface area contributed by atoms with Gasteiger partial charge in [-0.1, -0.05) is 6.07 Å². The van der Waals surface area contributed by atoms with E-state index in [1.54, 1.807) is 42.5 Å². The summed E-state index contributed by atoms with van der Waals surface area (Å²) in [6, 6.07) is 10.1. The third-order valence-electron chi connectivity index (χ3n) is 6.61. The van der Waals surface area contributed by atoms with Crippen LogP contribution < -0.4 is 11.5 Å². The van der Waals surface area contributed by atoms with Crippen molar-refractivity contribution in [2.75, 3.05) is 0 Å². The maximum atomic E-state index is 11.1. The Morgan fingerprint density at radius 1 is 0.553 bits per heavy atom. The van der Waals surface area contributed by atoms with Gasteiger partial charge in [-0.25, -0.2) is 0 Å². The van der Waals surface area contributed by atoms with E-state index in [1.165, 1.54) is 0 Å². The number of aliphatic carboxylic acids is 2. The quantitative estimate of drug-likeness (QED) is 0.0808. The molecule has 4 aromatic carbocycles. The number of carbonyl (C=O) groups is 2. The van der Waals surface area contributed by atoms with E-state index in [2.05, 4.69) is 0 Å². The van der Waals surface area contributed by atoms with Gasteiger partial charge in [0.15, 0.2) is 0 Å². The second-order valence-electron chi connectivity index (χ2n) is 9.86. The van der Waals surface area contributed by atoms with Gasteiger partial charge in [-0.15, -0.1) is 0 Å². The number of benzene rings is 4. The molecule has 0 saturated carbocycles. The Hall–Kier alpha value is 0.0500. The molecule has 0 heterocycles. The molecule has 0 aliphatic carbocycles. The minimum Gasteiger partial charge on any atom is -0.507 e. The number of aromatic hydroxyl groups is 4. The summed E-state index contributed by atoms with van der Waals surface area (Å²) in [5, 5.41) is 58.4. The highest BCUT2D eigenvalue weighted by Gasteiger charge is 2.23. The van der Waals surface area contributed by atoms with Crippen LogP contribution in [0, 0.1) is 25.0 Å². The van der Waals surface area contributed by atoms with Crippen LogP contribution >= 0.6 is 158 Å². The van der Waals surface area contributed by atoms with Crippen LogP contribution in [0.1, 0.15) is 11.1 Å². The third kappa shape index (κ3) is 10.3. The van der Waals surface area contributed by atoms with Crippen LogP contribution in [0.4, 0.5) is 0 Å². The first kappa shape index (κ1) is 41.5. The van der Waals surface area contributed by atoms with E-state index in [4.69, 9.17) is 21.7 Å². The van der Waals surface area contributed by atoms with Crippen molar-refractivity contribution in [3.8, 4) is 45.3 Å². The third-order valence-corrected chi connectivity index (χ3v) is 12.9. The molecule has 0 fully saturated rings. The van der Waals surface area contributed by atoms with Gasteiger partial charge in [0.25, 0.3) is 0 Å². The van der Waals surface area contributed by atoms with Gasteiger partial charge in [0.2, 0.25) is 0 Å². The SMILES string of the molecule is N[C@@H](Cc1cc(I)c(O)c(I)c1-c1cc(I)c(O)c(I)c1)C(=O)O.N[C@@H](Cc1cc(I)c(O)c(I)c1-c1ccc(O)c(I)c1)C(=O)O. The first-order valence-corrected chi connectivity index (χ1v) is 20.4. The van der Waals surface area contributed by atoms with Crippen molar-refractivity contribution >= 4 is 170 Å². The molecule has 17 heteroatoms. The molecule has 0 bridgehead atoms. The molecule has 0 aromatic heterocycles. The smallest absolute Gasteiger partial charge is 0.320 e. The fourth-order valence-electron chi connectivity index (χ4n) is 4.28. The number of halogens is 7. The normalized spacial score (nSPS) is 12.2. The Labute approximate surface area is 364 Å². The lowest BCUT2D eigenvalue weighted by molar-refractivity contribution is -0.139. The van der Waals surface area contributed by atoms with E-state index < -0.39 is 24.0 Å². The number of hydrogen-bond donors (Lipinski definition) is 8. The van der Waals surface area contributed by atoms with Gasteiger partial charge in [-0.05, 0) is 230 Å². The summed E-state index contributed by atoms with van der Waals surface area (Å²) in [5.41, 5.74) is 15.9. The number of hydrogen-bond acceptors (Lipinski definition) is 8. The maximum Gasteiger partial charge on any atom is 0.320 e.